The van der Waals surface area contributed by atoms with Crippen LogP contribution in [0.5, 0.6) is 11.5 Å². The van der Waals surface area contributed by atoms with Gasteiger partial charge in [0.2, 0.25) is 6.79 Å². The zero-order valence-electron chi connectivity index (χ0n) is 9.68. The molecule has 0 bridgehead atoms. The van der Waals surface area contributed by atoms with E-state index in [1.807, 2.05) is 0 Å². The standard InChI is InChI=1S/C12H15NO4/c1-13(4-5-14)7-10(15)9-2-3-11-12(6-9)17-8-16-11/h2-3,6,14H,4-5,7-8H2,1H3. The van der Waals surface area contributed by atoms with Gasteiger partial charge in [0.25, 0.3) is 0 Å². The third kappa shape index (κ3) is 2.75. The molecule has 0 spiro atoms. The molecule has 0 fully saturated rings. The normalized spacial score (nSPS) is 13.1. The summed E-state index contributed by atoms with van der Waals surface area (Å²) in [6.45, 7) is 1.01. The van der Waals surface area contributed by atoms with Crippen LogP contribution in [0.1, 0.15) is 10.4 Å². The second-order valence-electron chi connectivity index (χ2n) is 3.95. The molecule has 1 aliphatic heterocycles. The Morgan fingerprint density at radius 3 is 2.94 bits per heavy atom. The third-order valence-corrected chi connectivity index (χ3v) is 2.59. The first-order valence-electron chi connectivity index (χ1n) is 5.43. The fraction of sp³-hybridized carbons (Fsp3) is 0.417. The van der Waals surface area contributed by atoms with Crippen LogP contribution in [0.25, 0.3) is 0 Å². The van der Waals surface area contributed by atoms with Crippen LogP contribution in [0.2, 0.25) is 0 Å². The monoisotopic (exact) mass is 237 g/mol. The van der Waals surface area contributed by atoms with Crippen LogP contribution in [-0.2, 0) is 0 Å². The largest absolute Gasteiger partial charge is 0.454 e. The third-order valence-electron chi connectivity index (χ3n) is 2.59. The van der Waals surface area contributed by atoms with Crippen LogP contribution in [0.15, 0.2) is 18.2 Å². The highest BCUT2D eigenvalue weighted by atomic mass is 16.7. The quantitative estimate of drug-likeness (QED) is 0.757. The smallest absolute Gasteiger partial charge is 0.231 e. The van der Waals surface area contributed by atoms with Crippen molar-refractivity contribution in [2.45, 2.75) is 0 Å². The maximum absolute atomic E-state index is 11.9. The number of ether oxygens (including phenoxy) is 2. The molecule has 0 aliphatic carbocycles. The summed E-state index contributed by atoms with van der Waals surface area (Å²) in [5, 5.41) is 8.76. The number of carbonyl (C=O) groups is 1. The molecule has 0 amide bonds. The Kier molecular flexibility index (Phi) is 3.61. The number of aliphatic hydroxyl groups excluding tert-OH is 1. The Morgan fingerprint density at radius 2 is 2.18 bits per heavy atom. The van der Waals surface area contributed by atoms with Gasteiger partial charge in [0.05, 0.1) is 13.2 Å². The Morgan fingerprint density at radius 1 is 1.41 bits per heavy atom. The summed E-state index contributed by atoms with van der Waals surface area (Å²) in [5.41, 5.74) is 0.596. The van der Waals surface area contributed by atoms with Crippen molar-refractivity contribution in [3.63, 3.8) is 0 Å². The molecule has 2 rings (SSSR count). The molecule has 1 aliphatic rings. The van der Waals surface area contributed by atoms with Gasteiger partial charge in [-0.1, -0.05) is 0 Å². The number of hydrogen-bond donors (Lipinski definition) is 1. The van der Waals surface area contributed by atoms with Crippen molar-refractivity contribution in [2.24, 2.45) is 0 Å². The molecule has 0 aromatic heterocycles. The Hall–Kier alpha value is -1.59. The molecule has 92 valence electrons. The lowest BCUT2D eigenvalue weighted by Gasteiger charge is -2.13. The van der Waals surface area contributed by atoms with Crippen molar-refractivity contribution in [2.75, 3.05) is 33.5 Å². The molecule has 5 heteroatoms. The number of Topliss-reactive ketones (excluding diaryl/α,β-unsaturated/α-hetero) is 1. The highest BCUT2D eigenvalue weighted by molar-refractivity contribution is 5.98. The van der Waals surface area contributed by atoms with Crippen molar-refractivity contribution in [1.82, 2.24) is 4.90 Å². The molecule has 1 aromatic rings. The van der Waals surface area contributed by atoms with Crippen molar-refractivity contribution in [3.8, 4) is 11.5 Å². The molecule has 0 atom stereocenters. The average Bonchev–Trinajstić information content (AvgIpc) is 2.75. The summed E-state index contributed by atoms with van der Waals surface area (Å²) < 4.78 is 10.4. The minimum atomic E-state index is -0.000694. The van der Waals surface area contributed by atoms with Crippen LogP contribution < -0.4 is 9.47 Å². The van der Waals surface area contributed by atoms with Crippen LogP contribution >= 0.6 is 0 Å². The van der Waals surface area contributed by atoms with Gasteiger partial charge in [-0.05, 0) is 25.2 Å². The number of aliphatic hydroxyl groups is 1. The summed E-state index contributed by atoms with van der Waals surface area (Å²) in [6.07, 6.45) is 0. The van der Waals surface area contributed by atoms with Crippen molar-refractivity contribution in [1.29, 1.82) is 0 Å². The van der Waals surface area contributed by atoms with Crippen molar-refractivity contribution < 1.29 is 19.4 Å². The van der Waals surface area contributed by atoms with Gasteiger partial charge in [-0.3, -0.25) is 9.69 Å². The van der Waals surface area contributed by atoms with E-state index in [2.05, 4.69) is 0 Å². The zero-order chi connectivity index (χ0) is 12.3. The van der Waals surface area contributed by atoms with Gasteiger partial charge in [-0.2, -0.15) is 0 Å². The molecule has 17 heavy (non-hydrogen) atoms. The Labute approximate surface area is 99.6 Å². The van der Waals surface area contributed by atoms with Crippen LogP contribution in [0, 0.1) is 0 Å². The lowest BCUT2D eigenvalue weighted by molar-refractivity contribution is 0.0935. The minimum Gasteiger partial charge on any atom is -0.454 e. The second kappa shape index (κ2) is 5.16. The molecule has 0 saturated carbocycles. The van der Waals surface area contributed by atoms with E-state index < -0.39 is 0 Å². The number of nitrogens with zero attached hydrogens (tertiary/aromatic N) is 1. The highest BCUT2D eigenvalue weighted by Gasteiger charge is 2.16. The summed E-state index contributed by atoms with van der Waals surface area (Å²) >= 11 is 0. The van der Waals surface area contributed by atoms with E-state index in [-0.39, 0.29) is 25.7 Å². The molecule has 1 N–H and O–H groups in total. The predicted octanol–water partition coefficient (Wildman–Crippen LogP) is 0.522. The Balaban J connectivity index is 2.04. The second-order valence-corrected chi connectivity index (χ2v) is 3.95. The van der Waals surface area contributed by atoms with Crippen LogP contribution in [0.3, 0.4) is 0 Å². The van der Waals surface area contributed by atoms with Gasteiger partial charge in [0.1, 0.15) is 0 Å². The number of fused-ring (bicyclic) bond motifs is 1. The molecule has 5 nitrogen and oxygen atoms in total. The first-order valence-corrected chi connectivity index (χ1v) is 5.43. The van der Waals surface area contributed by atoms with Gasteiger partial charge in [0, 0.05) is 12.1 Å². The predicted molar refractivity (Wildman–Crippen MR) is 61.5 cm³/mol. The van der Waals surface area contributed by atoms with E-state index in [4.69, 9.17) is 14.6 Å². The summed E-state index contributed by atoms with van der Waals surface area (Å²) in [7, 11) is 1.79. The molecule has 0 unspecified atom stereocenters. The number of hydrogen-bond acceptors (Lipinski definition) is 5. The van der Waals surface area contributed by atoms with E-state index in [9.17, 15) is 4.79 Å². The topological polar surface area (TPSA) is 59.0 Å². The van der Waals surface area contributed by atoms with Gasteiger partial charge >= 0.3 is 0 Å². The number of likely N-dealkylation sites (N-methyl/N-ethyl adjacent to an activating group) is 1. The summed E-state index contributed by atoms with van der Waals surface area (Å²) in [6, 6.07) is 5.15. The van der Waals surface area contributed by atoms with E-state index in [0.717, 1.165) is 0 Å². The number of benzene rings is 1. The minimum absolute atomic E-state index is 0.000694. The van der Waals surface area contributed by atoms with Gasteiger partial charge in [0.15, 0.2) is 17.3 Å². The van der Waals surface area contributed by atoms with E-state index in [1.54, 1.807) is 30.1 Å². The van der Waals surface area contributed by atoms with Crippen molar-refractivity contribution in [3.05, 3.63) is 23.8 Å². The van der Waals surface area contributed by atoms with E-state index in [0.29, 0.717) is 23.6 Å². The van der Waals surface area contributed by atoms with E-state index in [1.165, 1.54) is 0 Å². The molecule has 0 radical (unpaired) electrons. The van der Waals surface area contributed by atoms with Crippen LogP contribution in [-0.4, -0.2) is 49.3 Å². The molecule has 0 saturated heterocycles. The Bertz CT molecular complexity index is 419. The number of rotatable bonds is 5. The summed E-state index contributed by atoms with van der Waals surface area (Å²) in [5.74, 6) is 1.28. The SMILES string of the molecule is CN(CCO)CC(=O)c1ccc2c(c1)OCO2. The summed E-state index contributed by atoms with van der Waals surface area (Å²) in [4.78, 5) is 13.7. The first-order chi connectivity index (χ1) is 8.20. The lowest BCUT2D eigenvalue weighted by Crippen LogP contribution is -2.28. The fourth-order valence-electron chi connectivity index (χ4n) is 1.66. The average molecular weight is 237 g/mol. The number of carbonyl (C=O) groups excluding carboxylic acids is 1. The maximum atomic E-state index is 11.9. The first kappa shape index (κ1) is 11.9. The van der Waals surface area contributed by atoms with Gasteiger partial charge < -0.3 is 14.6 Å². The van der Waals surface area contributed by atoms with Gasteiger partial charge in [-0.15, -0.1) is 0 Å². The molecule has 1 aromatic carbocycles. The van der Waals surface area contributed by atoms with E-state index >= 15 is 0 Å². The van der Waals surface area contributed by atoms with Crippen molar-refractivity contribution >= 4 is 5.78 Å². The fourth-order valence-corrected chi connectivity index (χ4v) is 1.66. The van der Waals surface area contributed by atoms with Gasteiger partial charge in [-0.25, -0.2) is 0 Å². The molecular formula is C12H15NO4. The molecular weight excluding hydrogens is 222 g/mol. The lowest BCUT2D eigenvalue weighted by atomic mass is 10.1. The van der Waals surface area contributed by atoms with Crippen LogP contribution in [0.4, 0.5) is 0 Å². The maximum Gasteiger partial charge on any atom is 0.231 e. The zero-order valence-corrected chi connectivity index (χ0v) is 9.68. The highest BCUT2D eigenvalue weighted by Crippen LogP contribution is 2.32. The molecule has 1 heterocycles. The number of ketones is 1.